The fourth-order valence-electron chi connectivity index (χ4n) is 4.20. The molecular weight excluding hydrogens is 552 g/mol. The van der Waals surface area contributed by atoms with Crippen LogP contribution in [0.4, 0.5) is 11.4 Å². The molecule has 0 fully saturated rings. The number of nitrogens with one attached hydrogen (secondary N) is 2. The molecule has 2 N–H and O–H groups in total. The van der Waals surface area contributed by atoms with Crippen molar-refractivity contribution >= 4 is 40.6 Å². The number of anilines is 2. The van der Waals surface area contributed by atoms with Gasteiger partial charge in [-0.3, -0.25) is 14.4 Å². The molecule has 0 radical (unpaired) electrons. The molecule has 8 heteroatoms. The zero-order valence-electron chi connectivity index (χ0n) is 23.9. The van der Waals surface area contributed by atoms with Crippen molar-refractivity contribution in [3.8, 4) is 17.2 Å². The monoisotopic (exact) mass is 584 g/mol. The number of hydrogen-bond donors (Lipinski definition) is 2. The summed E-state index contributed by atoms with van der Waals surface area (Å²) in [7, 11) is 1.42. The highest BCUT2D eigenvalue weighted by atomic mass is 35.5. The maximum atomic E-state index is 13.3. The summed E-state index contributed by atoms with van der Waals surface area (Å²) >= 11 is 6.33. The van der Waals surface area contributed by atoms with Gasteiger partial charge in [-0.15, -0.1) is 11.6 Å². The number of ketones is 1. The summed E-state index contributed by atoms with van der Waals surface area (Å²) < 4.78 is 11.6. The minimum Gasteiger partial charge on any atom is -0.492 e. The molecule has 1 unspecified atom stereocenters. The van der Waals surface area contributed by atoms with Crippen LogP contribution >= 0.6 is 11.6 Å². The number of alkyl halides is 1. The van der Waals surface area contributed by atoms with E-state index in [4.69, 9.17) is 21.1 Å². The van der Waals surface area contributed by atoms with E-state index in [1.54, 1.807) is 48.5 Å². The lowest BCUT2D eigenvalue weighted by molar-refractivity contribution is -0.115. The quantitative estimate of drug-likeness (QED) is 0.106. The summed E-state index contributed by atoms with van der Waals surface area (Å²) in [5.74, 6) is -0.581. The zero-order chi connectivity index (χ0) is 30.3. The van der Waals surface area contributed by atoms with Crippen molar-refractivity contribution in [3.63, 3.8) is 0 Å². The van der Waals surface area contributed by atoms with Gasteiger partial charge in [0.2, 0.25) is 5.91 Å². The lowest BCUT2D eigenvalue weighted by Gasteiger charge is -2.23. The maximum absolute atomic E-state index is 13.3. The lowest BCUT2D eigenvalue weighted by atomic mass is 9.82. The van der Waals surface area contributed by atoms with Crippen LogP contribution in [0.1, 0.15) is 53.5 Å². The summed E-state index contributed by atoms with van der Waals surface area (Å²) in [6.45, 7) is 6.51. The molecule has 0 heterocycles. The Morgan fingerprint density at radius 1 is 0.810 bits per heavy atom. The molecule has 2 amide bonds. The van der Waals surface area contributed by atoms with Crippen LogP contribution in [0.3, 0.4) is 0 Å². The Kier molecular flexibility index (Phi) is 9.65. The van der Waals surface area contributed by atoms with Crippen LogP contribution in [-0.4, -0.2) is 30.1 Å². The van der Waals surface area contributed by atoms with Crippen LogP contribution in [0.25, 0.3) is 0 Å². The second kappa shape index (κ2) is 13.4. The molecule has 0 saturated carbocycles. The molecule has 0 spiro atoms. The third kappa shape index (κ3) is 7.17. The van der Waals surface area contributed by atoms with Crippen molar-refractivity contribution < 1.29 is 23.9 Å². The van der Waals surface area contributed by atoms with Gasteiger partial charge >= 0.3 is 0 Å². The first kappa shape index (κ1) is 30.3. The van der Waals surface area contributed by atoms with Crippen molar-refractivity contribution in [1.29, 1.82) is 0 Å². The Morgan fingerprint density at radius 2 is 1.45 bits per heavy atom. The van der Waals surface area contributed by atoms with Gasteiger partial charge in [0.25, 0.3) is 5.91 Å². The minimum atomic E-state index is -1.54. The van der Waals surface area contributed by atoms with Gasteiger partial charge in [-0.25, -0.2) is 0 Å². The summed E-state index contributed by atoms with van der Waals surface area (Å²) in [5.41, 5.74) is 2.80. The molecule has 0 saturated heterocycles. The zero-order valence-corrected chi connectivity index (χ0v) is 24.7. The number of halogens is 1. The molecule has 0 aromatic heterocycles. The average molecular weight is 585 g/mol. The number of Topliss-reactive ketones (excluding diaryl/α,β-unsaturated/α-hetero) is 1. The van der Waals surface area contributed by atoms with Gasteiger partial charge in [0.15, 0.2) is 22.7 Å². The number of rotatable bonds is 11. The molecule has 4 aromatic carbocycles. The van der Waals surface area contributed by atoms with Crippen LogP contribution in [0.5, 0.6) is 17.2 Å². The van der Waals surface area contributed by atoms with Gasteiger partial charge < -0.3 is 20.1 Å². The molecule has 7 nitrogen and oxygen atoms in total. The van der Waals surface area contributed by atoms with E-state index in [0.717, 1.165) is 6.42 Å². The van der Waals surface area contributed by atoms with Gasteiger partial charge in [-0.1, -0.05) is 57.2 Å². The van der Waals surface area contributed by atoms with Crippen LogP contribution in [0.2, 0.25) is 0 Å². The second-order valence-electron chi connectivity index (χ2n) is 10.3. The Morgan fingerprint density at radius 3 is 2.07 bits per heavy atom. The third-order valence-corrected chi connectivity index (χ3v) is 7.50. The highest BCUT2D eigenvalue weighted by Crippen LogP contribution is 2.36. The SMILES string of the molecule is CCC(C)(C)c1ccc(Oc2cccc(C(=O)C(Cl)C(=O)Nc3ccc(C(=O)Nc4ccccc4)cc3)c2OC)cc1. The van der Waals surface area contributed by atoms with Gasteiger partial charge in [0, 0.05) is 16.9 Å². The maximum Gasteiger partial charge on any atom is 0.255 e. The molecule has 0 aliphatic rings. The van der Waals surface area contributed by atoms with Gasteiger partial charge in [0.05, 0.1) is 12.7 Å². The van der Waals surface area contributed by atoms with Crippen molar-refractivity contribution in [2.45, 2.75) is 38.0 Å². The molecular formula is C34H33ClN2O5. The molecule has 0 bridgehead atoms. The van der Waals surface area contributed by atoms with Crippen molar-refractivity contribution in [2.24, 2.45) is 0 Å². The van der Waals surface area contributed by atoms with Crippen molar-refractivity contribution in [1.82, 2.24) is 0 Å². The first-order chi connectivity index (χ1) is 20.1. The van der Waals surface area contributed by atoms with Crippen LogP contribution in [-0.2, 0) is 10.2 Å². The van der Waals surface area contributed by atoms with E-state index in [1.165, 1.54) is 18.7 Å². The fraction of sp³-hybridized carbons (Fsp3) is 0.206. The fourth-order valence-corrected chi connectivity index (χ4v) is 4.37. The number of benzene rings is 4. The number of amides is 2. The molecule has 4 rings (SSSR count). The van der Waals surface area contributed by atoms with Crippen molar-refractivity contribution in [3.05, 3.63) is 114 Å². The van der Waals surface area contributed by atoms with Gasteiger partial charge in [0.1, 0.15) is 5.75 Å². The summed E-state index contributed by atoms with van der Waals surface area (Å²) in [6.07, 6.45) is 0.996. The number of carbonyl (C=O) groups is 3. The highest BCUT2D eigenvalue weighted by Gasteiger charge is 2.29. The number of para-hydroxylation sites is 2. The Bertz CT molecular complexity index is 1550. The molecule has 4 aromatic rings. The van der Waals surface area contributed by atoms with Crippen molar-refractivity contribution in [2.75, 3.05) is 17.7 Å². The van der Waals surface area contributed by atoms with E-state index in [-0.39, 0.29) is 22.6 Å². The lowest BCUT2D eigenvalue weighted by Crippen LogP contribution is -2.31. The van der Waals surface area contributed by atoms with Crippen LogP contribution < -0.4 is 20.1 Å². The van der Waals surface area contributed by atoms with E-state index >= 15 is 0 Å². The van der Waals surface area contributed by atoms with E-state index in [9.17, 15) is 14.4 Å². The molecule has 0 aliphatic heterocycles. The highest BCUT2D eigenvalue weighted by molar-refractivity contribution is 6.45. The van der Waals surface area contributed by atoms with E-state index in [0.29, 0.717) is 28.4 Å². The summed E-state index contributed by atoms with van der Waals surface area (Å²) in [5, 5.41) is 3.89. The largest absolute Gasteiger partial charge is 0.492 e. The minimum absolute atomic E-state index is 0.0392. The smallest absolute Gasteiger partial charge is 0.255 e. The van der Waals surface area contributed by atoms with Crippen LogP contribution in [0.15, 0.2) is 97.1 Å². The Hall–Kier alpha value is -4.62. The van der Waals surface area contributed by atoms with Gasteiger partial charge in [-0.2, -0.15) is 0 Å². The summed E-state index contributed by atoms with van der Waals surface area (Å²) in [4.78, 5) is 38.7. The first-order valence-electron chi connectivity index (χ1n) is 13.5. The molecule has 42 heavy (non-hydrogen) atoms. The standard InChI is InChI=1S/C34H33ClN2O5/c1-5-34(2,3)23-16-20-26(21-17-23)42-28-13-9-12-27(31(28)41-4)30(38)29(35)33(40)37-25-18-14-22(15-19-25)32(39)36-24-10-7-6-8-11-24/h6-21,29H,5H2,1-4H3,(H,36,39)(H,37,40). The molecule has 216 valence electrons. The van der Waals surface area contributed by atoms with Gasteiger partial charge in [-0.05, 0) is 78.1 Å². The molecule has 1 atom stereocenters. The van der Waals surface area contributed by atoms with E-state index in [2.05, 4.69) is 31.4 Å². The number of methoxy groups -OCH3 is 1. The topological polar surface area (TPSA) is 93.7 Å². The third-order valence-electron chi connectivity index (χ3n) is 7.10. The second-order valence-corrected chi connectivity index (χ2v) is 10.8. The number of ether oxygens (including phenoxy) is 2. The predicted molar refractivity (Wildman–Crippen MR) is 166 cm³/mol. The van der Waals surface area contributed by atoms with Crippen LogP contribution in [0, 0.1) is 0 Å². The predicted octanol–water partition coefficient (Wildman–Crippen LogP) is 7.86. The Balaban J connectivity index is 1.43. The van der Waals surface area contributed by atoms with E-state index < -0.39 is 17.1 Å². The number of hydrogen-bond acceptors (Lipinski definition) is 5. The average Bonchev–Trinajstić information content (AvgIpc) is 3.01. The Labute approximate surface area is 250 Å². The van der Waals surface area contributed by atoms with E-state index in [1.807, 2.05) is 42.5 Å². The summed E-state index contributed by atoms with van der Waals surface area (Å²) in [6, 6.07) is 28.0. The normalized spacial score (nSPS) is 11.7. The molecule has 0 aliphatic carbocycles. The number of carbonyl (C=O) groups excluding carboxylic acids is 3. The first-order valence-corrected chi connectivity index (χ1v) is 14.0.